The van der Waals surface area contributed by atoms with Crippen molar-refractivity contribution in [2.45, 2.75) is 39.3 Å². The van der Waals surface area contributed by atoms with E-state index >= 15 is 0 Å². The minimum Gasteiger partial charge on any atom is -0.493 e. The third-order valence-electron chi connectivity index (χ3n) is 8.56. The Labute approximate surface area is 242 Å². The number of anilines is 1. The molecule has 1 amide bonds. The number of piperazine rings is 1. The molecule has 0 aliphatic carbocycles. The number of carbonyl (C=O) groups is 1. The molecule has 2 aromatic carbocycles. The van der Waals surface area contributed by atoms with E-state index in [2.05, 4.69) is 52.2 Å². The van der Waals surface area contributed by atoms with Crippen LogP contribution in [-0.4, -0.2) is 58.5 Å². The van der Waals surface area contributed by atoms with Crippen LogP contribution in [0.2, 0.25) is 0 Å². The van der Waals surface area contributed by atoms with Gasteiger partial charge in [0, 0.05) is 38.8 Å². The first-order valence-corrected chi connectivity index (χ1v) is 14.4. The molecule has 6 rings (SSSR count). The maximum atomic E-state index is 13.3. The Bertz CT molecular complexity index is 1580. The highest BCUT2D eigenvalue weighted by Crippen LogP contribution is 2.35. The number of aromatic nitrogens is 3. The fraction of sp³-hybridized carbons (Fsp3) is 0.406. The lowest BCUT2D eigenvalue weighted by Crippen LogP contribution is -2.49. The first-order valence-electron chi connectivity index (χ1n) is 14.4. The molecule has 0 bridgehead atoms. The number of amides is 1. The molecule has 4 heterocycles. The fourth-order valence-electron chi connectivity index (χ4n) is 6.08. The van der Waals surface area contributed by atoms with Crippen molar-refractivity contribution in [2.75, 3.05) is 37.7 Å². The lowest BCUT2D eigenvalue weighted by atomic mass is 9.82. The molecule has 7 nitrogen and oxygen atoms in total. The number of hydrogen-bond donors (Lipinski definition) is 1. The Morgan fingerprint density at radius 3 is 2.55 bits per heavy atom. The molecule has 2 aromatic heterocycles. The summed E-state index contributed by atoms with van der Waals surface area (Å²) in [5, 5.41) is 0. The fourth-order valence-corrected chi connectivity index (χ4v) is 6.08. The molecule has 2 atom stereocenters. The molecule has 2 aliphatic rings. The number of benzene rings is 2. The average molecular weight is 578 g/mol. The minimum atomic E-state index is -4.41. The van der Waals surface area contributed by atoms with Crippen LogP contribution in [0.5, 0.6) is 5.75 Å². The quantitative estimate of drug-likeness (QED) is 0.310. The van der Waals surface area contributed by atoms with Gasteiger partial charge >= 0.3 is 6.18 Å². The number of fused-ring (bicyclic) bond motifs is 2. The van der Waals surface area contributed by atoms with E-state index in [9.17, 15) is 18.0 Å². The molecule has 0 spiro atoms. The molecule has 2 unspecified atom stereocenters. The summed E-state index contributed by atoms with van der Waals surface area (Å²) in [4.78, 5) is 28.9. The number of imidazole rings is 1. The van der Waals surface area contributed by atoms with Crippen LogP contribution >= 0.6 is 0 Å². The molecule has 42 heavy (non-hydrogen) atoms. The Morgan fingerprint density at radius 2 is 1.81 bits per heavy atom. The first-order chi connectivity index (χ1) is 20.1. The van der Waals surface area contributed by atoms with Crippen molar-refractivity contribution in [1.29, 1.82) is 0 Å². The zero-order valence-electron chi connectivity index (χ0n) is 23.7. The molecule has 1 saturated heterocycles. The number of aryl methyl sites for hydroxylation is 1. The Hall–Kier alpha value is -4.08. The number of hydrogen-bond acceptors (Lipinski definition) is 5. The van der Waals surface area contributed by atoms with Gasteiger partial charge in [0.2, 0.25) is 5.91 Å². The number of nitrogens with one attached hydrogen (secondary N) is 1. The standard InChI is InChI=1S/C32H34F3N5O2/c1-20-15-25-16-23(24-3-6-27-28(17-24)38-21(2)37-27)4-7-29(25)42-14-9-22(20)18-31(41)40-12-10-39(11-13-40)30-8-5-26(19-36-30)32(33,34)35/h3-8,16-17,19-20,22H,9-15,18H2,1-2H3,(H,37,38). The third kappa shape index (κ3) is 5.93. The summed E-state index contributed by atoms with van der Waals surface area (Å²) in [5.74, 6) is 2.89. The van der Waals surface area contributed by atoms with Gasteiger partial charge in [0.1, 0.15) is 17.4 Å². The van der Waals surface area contributed by atoms with E-state index in [1.54, 1.807) is 0 Å². The average Bonchev–Trinajstić information content (AvgIpc) is 3.35. The van der Waals surface area contributed by atoms with E-state index in [1.165, 1.54) is 6.07 Å². The number of halogens is 3. The van der Waals surface area contributed by atoms with Gasteiger partial charge in [-0.2, -0.15) is 13.2 Å². The summed E-state index contributed by atoms with van der Waals surface area (Å²) in [6, 6.07) is 15.0. The van der Waals surface area contributed by atoms with E-state index in [0.717, 1.165) is 64.4 Å². The van der Waals surface area contributed by atoms with Gasteiger partial charge in [-0.1, -0.05) is 19.1 Å². The van der Waals surface area contributed by atoms with E-state index in [-0.39, 0.29) is 11.8 Å². The number of rotatable bonds is 4. The smallest absolute Gasteiger partial charge is 0.417 e. The predicted octanol–water partition coefficient (Wildman–Crippen LogP) is 6.27. The van der Waals surface area contributed by atoms with Gasteiger partial charge in [-0.05, 0) is 84.7 Å². The predicted molar refractivity (Wildman–Crippen MR) is 155 cm³/mol. The number of aromatic amines is 1. The third-order valence-corrected chi connectivity index (χ3v) is 8.56. The van der Waals surface area contributed by atoms with E-state index in [0.29, 0.717) is 50.9 Å². The summed E-state index contributed by atoms with van der Waals surface area (Å²) in [5.41, 5.74) is 4.58. The Kier molecular flexibility index (Phi) is 7.55. The highest BCUT2D eigenvalue weighted by atomic mass is 19.4. The molecule has 1 fully saturated rings. The maximum absolute atomic E-state index is 13.3. The number of nitrogens with zero attached hydrogens (tertiary/aromatic N) is 4. The maximum Gasteiger partial charge on any atom is 0.417 e. The number of ether oxygens (including phenoxy) is 1. The Balaban J connectivity index is 1.08. The van der Waals surface area contributed by atoms with Crippen LogP contribution in [0.15, 0.2) is 54.7 Å². The highest BCUT2D eigenvalue weighted by Gasteiger charge is 2.32. The zero-order chi connectivity index (χ0) is 29.4. The van der Waals surface area contributed by atoms with Crippen molar-refractivity contribution in [3.05, 3.63) is 71.7 Å². The lowest BCUT2D eigenvalue weighted by molar-refractivity contribution is -0.138. The van der Waals surface area contributed by atoms with Gasteiger partial charge in [-0.25, -0.2) is 9.97 Å². The number of pyridine rings is 1. The van der Waals surface area contributed by atoms with Crippen LogP contribution in [-0.2, 0) is 17.4 Å². The van der Waals surface area contributed by atoms with Gasteiger partial charge in [0.15, 0.2) is 0 Å². The van der Waals surface area contributed by atoms with Crippen LogP contribution < -0.4 is 9.64 Å². The van der Waals surface area contributed by atoms with Crippen molar-refractivity contribution < 1.29 is 22.7 Å². The van der Waals surface area contributed by atoms with Crippen molar-refractivity contribution in [1.82, 2.24) is 19.9 Å². The van der Waals surface area contributed by atoms with Gasteiger partial charge in [-0.15, -0.1) is 0 Å². The second kappa shape index (κ2) is 11.3. The van der Waals surface area contributed by atoms with E-state index < -0.39 is 11.7 Å². The van der Waals surface area contributed by atoms with Crippen molar-refractivity contribution in [3.63, 3.8) is 0 Å². The number of H-pyrrole nitrogens is 1. The first kappa shape index (κ1) is 28.1. The lowest BCUT2D eigenvalue weighted by Gasteiger charge is -2.37. The summed E-state index contributed by atoms with van der Waals surface area (Å²) >= 11 is 0. The van der Waals surface area contributed by atoms with Crippen LogP contribution in [0, 0.1) is 18.8 Å². The molecule has 2 aliphatic heterocycles. The summed E-state index contributed by atoms with van der Waals surface area (Å²) in [6.45, 7) is 6.83. The molecular weight excluding hydrogens is 543 g/mol. The second-order valence-electron chi connectivity index (χ2n) is 11.4. The minimum absolute atomic E-state index is 0.115. The topological polar surface area (TPSA) is 74.3 Å². The van der Waals surface area contributed by atoms with Crippen LogP contribution in [0.3, 0.4) is 0 Å². The monoisotopic (exact) mass is 577 g/mol. The zero-order valence-corrected chi connectivity index (χ0v) is 23.7. The Morgan fingerprint density at radius 1 is 1.05 bits per heavy atom. The molecule has 0 radical (unpaired) electrons. The number of carbonyl (C=O) groups excluding carboxylic acids is 1. The normalized spacial score (nSPS) is 19.6. The van der Waals surface area contributed by atoms with Crippen LogP contribution in [0.1, 0.15) is 36.7 Å². The highest BCUT2D eigenvalue weighted by molar-refractivity contribution is 5.82. The molecular formula is C32H34F3N5O2. The molecule has 0 saturated carbocycles. The van der Waals surface area contributed by atoms with Crippen molar-refractivity contribution >= 4 is 22.8 Å². The van der Waals surface area contributed by atoms with Crippen molar-refractivity contribution in [3.8, 4) is 16.9 Å². The van der Waals surface area contributed by atoms with Gasteiger partial charge in [-0.3, -0.25) is 4.79 Å². The van der Waals surface area contributed by atoms with Gasteiger partial charge < -0.3 is 19.5 Å². The molecule has 4 aromatic rings. The summed E-state index contributed by atoms with van der Waals surface area (Å²) < 4.78 is 44.8. The summed E-state index contributed by atoms with van der Waals surface area (Å²) in [6.07, 6.45) is -1.47. The van der Waals surface area contributed by atoms with Crippen molar-refractivity contribution in [2.24, 2.45) is 11.8 Å². The summed E-state index contributed by atoms with van der Waals surface area (Å²) in [7, 11) is 0. The molecule has 1 N–H and O–H groups in total. The van der Waals surface area contributed by atoms with Gasteiger partial charge in [0.25, 0.3) is 0 Å². The van der Waals surface area contributed by atoms with Crippen LogP contribution in [0.25, 0.3) is 22.2 Å². The number of alkyl halides is 3. The van der Waals surface area contributed by atoms with Crippen LogP contribution in [0.4, 0.5) is 19.0 Å². The van der Waals surface area contributed by atoms with E-state index in [1.807, 2.05) is 22.8 Å². The van der Waals surface area contributed by atoms with Gasteiger partial charge in [0.05, 0.1) is 23.2 Å². The second-order valence-corrected chi connectivity index (χ2v) is 11.4. The SMILES string of the molecule is Cc1nc2ccc(-c3ccc4c(c3)CC(C)C(CC(=O)N3CCN(c5ccc(C(F)(F)F)cn5)CC3)CCO4)cc2[nH]1. The molecule has 220 valence electrons. The largest absolute Gasteiger partial charge is 0.493 e. The van der Waals surface area contributed by atoms with E-state index in [4.69, 9.17) is 4.74 Å². The molecule has 10 heteroatoms.